The van der Waals surface area contributed by atoms with Crippen LogP contribution in [0.15, 0.2) is 0 Å². The van der Waals surface area contributed by atoms with Gasteiger partial charge in [0.25, 0.3) is 0 Å². The van der Waals surface area contributed by atoms with Crippen molar-refractivity contribution in [1.29, 1.82) is 0 Å². The second-order valence-electron chi connectivity index (χ2n) is 10.5. The molecule has 4 bridgehead atoms. The lowest BCUT2D eigenvalue weighted by Gasteiger charge is -2.67. The highest BCUT2D eigenvalue weighted by molar-refractivity contribution is 5.24. The fraction of sp³-hybridized carbons (Fsp3) is 1.00. The standard InChI is InChI=1S/C20H32O3/c1-17(2)6-5-15(22)18(3)14(17)4-7-19-9-12-8-13(16(18)19)23-20(12,10-19)11-21/h12-16,21-22H,4-11H2,1-3H3/t12-,13+,14-,15+,16+,18+,19+,20-/m1/s1. The van der Waals surface area contributed by atoms with E-state index in [0.717, 1.165) is 25.7 Å². The van der Waals surface area contributed by atoms with E-state index in [-0.39, 0.29) is 29.8 Å². The fourth-order valence-electron chi connectivity index (χ4n) is 8.64. The van der Waals surface area contributed by atoms with Crippen LogP contribution in [0.1, 0.15) is 65.7 Å². The number of fused-ring (bicyclic) bond motifs is 1. The molecule has 6 fully saturated rings. The van der Waals surface area contributed by atoms with Gasteiger partial charge in [0.05, 0.1) is 24.4 Å². The van der Waals surface area contributed by atoms with E-state index in [4.69, 9.17) is 4.74 Å². The first-order valence-corrected chi connectivity index (χ1v) is 9.74. The molecule has 2 saturated heterocycles. The Morgan fingerprint density at radius 3 is 2.61 bits per heavy atom. The lowest BCUT2D eigenvalue weighted by atomic mass is 9.40. The van der Waals surface area contributed by atoms with Crippen LogP contribution in [-0.4, -0.2) is 34.6 Å². The van der Waals surface area contributed by atoms with Gasteiger partial charge < -0.3 is 14.9 Å². The van der Waals surface area contributed by atoms with E-state index in [1.54, 1.807) is 0 Å². The van der Waals surface area contributed by atoms with Crippen molar-refractivity contribution >= 4 is 0 Å². The van der Waals surface area contributed by atoms with Crippen molar-refractivity contribution in [2.24, 2.45) is 34.0 Å². The molecule has 4 aliphatic carbocycles. The van der Waals surface area contributed by atoms with Crippen molar-refractivity contribution in [2.45, 2.75) is 83.5 Å². The number of ether oxygens (including phenoxy) is 1. The summed E-state index contributed by atoms with van der Waals surface area (Å²) in [6.07, 6.45) is 8.07. The van der Waals surface area contributed by atoms with Crippen molar-refractivity contribution in [3.63, 3.8) is 0 Å². The van der Waals surface area contributed by atoms with E-state index in [1.807, 2.05) is 0 Å². The van der Waals surface area contributed by atoms with Gasteiger partial charge in [-0.2, -0.15) is 0 Å². The van der Waals surface area contributed by atoms with Crippen LogP contribution in [0.2, 0.25) is 0 Å². The van der Waals surface area contributed by atoms with Crippen molar-refractivity contribution in [3.05, 3.63) is 0 Å². The Morgan fingerprint density at radius 1 is 1.13 bits per heavy atom. The van der Waals surface area contributed by atoms with Crippen LogP contribution in [0.5, 0.6) is 0 Å². The van der Waals surface area contributed by atoms with Crippen LogP contribution >= 0.6 is 0 Å². The van der Waals surface area contributed by atoms with Crippen molar-refractivity contribution in [2.75, 3.05) is 6.61 Å². The normalized spacial score (nSPS) is 62.2. The Balaban J connectivity index is 1.61. The average Bonchev–Trinajstić information content (AvgIpc) is 2.88. The Labute approximate surface area is 139 Å². The first-order valence-electron chi connectivity index (χ1n) is 9.74. The molecular formula is C20H32O3. The van der Waals surface area contributed by atoms with Crippen LogP contribution in [0.25, 0.3) is 0 Å². The second-order valence-corrected chi connectivity index (χ2v) is 10.5. The van der Waals surface area contributed by atoms with E-state index in [0.29, 0.717) is 28.6 Å². The van der Waals surface area contributed by atoms with E-state index in [1.165, 1.54) is 19.3 Å². The van der Waals surface area contributed by atoms with Crippen LogP contribution in [0, 0.1) is 34.0 Å². The monoisotopic (exact) mass is 320 g/mol. The van der Waals surface area contributed by atoms with Gasteiger partial charge in [0.15, 0.2) is 0 Å². The molecule has 0 aromatic carbocycles. The summed E-state index contributed by atoms with van der Waals surface area (Å²) >= 11 is 0. The third kappa shape index (κ3) is 1.54. The molecule has 0 aromatic heterocycles. The zero-order valence-electron chi connectivity index (χ0n) is 14.8. The molecule has 3 heteroatoms. The minimum Gasteiger partial charge on any atom is -0.393 e. The molecule has 6 aliphatic rings. The van der Waals surface area contributed by atoms with E-state index >= 15 is 0 Å². The van der Waals surface area contributed by atoms with Crippen molar-refractivity contribution in [3.8, 4) is 0 Å². The third-order valence-corrected chi connectivity index (χ3v) is 9.33. The number of aliphatic hydroxyl groups is 2. The maximum atomic E-state index is 11.1. The quantitative estimate of drug-likeness (QED) is 0.780. The molecule has 1 spiro atoms. The number of hydrogen-bond donors (Lipinski definition) is 2. The Bertz CT molecular complexity index is 545. The summed E-state index contributed by atoms with van der Waals surface area (Å²) in [5, 5.41) is 21.1. The zero-order chi connectivity index (χ0) is 16.3. The molecule has 0 unspecified atom stereocenters. The molecule has 2 aliphatic heterocycles. The van der Waals surface area contributed by atoms with Crippen LogP contribution in [0.4, 0.5) is 0 Å². The van der Waals surface area contributed by atoms with Gasteiger partial charge in [0.1, 0.15) is 0 Å². The van der Waals surface area contributed by atoms with Gasteiger partial charge >= 0.3 is 0 Å². The molecule has 4 saturated carbocycles. The first-order chi connectivity index (χ1) is 10.8. The smallest absolute Gasteiger partial charge is 0.0950 e. The molecule has 8 atom stereocenters. The van der Waals surface area contributed by atoms with E-state index < -0.39 is 0 Å². The largest absolute Gasteiger partial charge is 0.393 e. The topological polar surface area (TPSA) is 49.7 Å². The van der Waals surface area contributed by atoms with Gasteiger partial charge in [-0.15, -0.1) is 0 Å². The predicted molar refractivity (Wildman–Crippen MR) is 87.8 cm³/mol. The summed E-state index contributed by atoms with van der Waals surface area (Å²) in [5.41, 5.74) is 0.401. The molecular weight excluding hydrogens is 288 g/mol. The first kappa shape index (κ1) is 15.2. The summed E-state index contributed by atoms with van der Waals surface area (Å²) in [6.45, 7) is 7.41. The Hall–Kier alpha value is -0.120. The SMILES string of the molecule is CC1(C)CC[C@H](O)[C@]2(C)[C@@H]1CC[C@]13C[C@H]4C[C@H](O[C@@]4(CO)C1)[C@H]32. The zero-order valence-corrected chi connectivity index (χ0v) is 14.8. The lowest BCUT2D eigenvalue weighted by Crippen LogP contribution is -2.65. The summed E-state index contributed by atoms with van der Waals surface area (Å²) in [4.78, 5) is 0. The number of rotatable bonds is 1. The van der Waals surface area contributed by atoms with Gasteiger partial charge in [0, 0.05) is 5.41 Å². The second kappa shape index (κ2) is 4.16. The van der Waals surface area contributed by atoms with Gasteiger partial charge in [-0.25, -0.2) is 0 Å². The summed E-state index contributed by atoms with van der Waals surface area (Å²) in [6, 6.07) is 0. The summed E-state index contributed by atoms with van der Waals surface area (Å²) in [5.74, 6) is 1.64. The van der Waals surface area contributed by atoms with Crippen molar-refractivity contribution in [1.82, 2.24) is 0 Å². The Kier molecular flexibility index (Phi) is 2.74. The molecule has 0 radical (unpaired) electrons. The van der Waals surface area contributed by atoms with Gasteiger partial charge in [-0.05, 0) is 73.5 Å². The maximum absolute atomic E-state index is 11.1. The summed E-state index contributed by atoms with van der Waals surface area (Å²) in [7, 11) is 0. The summed E-state index contributed by atoms with van der Waals surface area (Å²) < 4.78 is 6.52. The minimum atomic E-state index is -0.237. The highest BCUT2D eigenvalue weighted by Gasteiger charge is 2.75. The lowest BCUT2D eigenvalue weighted by molar-refractivity contribution is -0.259. The fourth-order valence-corrected chi connectivity index (χ4v) is 8.64. The predicted octanol–water partition coefficient (Wildman–Crippen LogP) is 3.13. The minimum absolute atomic E-state index is 0.0123. The molecule has 0 aromatic rings. The molecule has 2 N–H and O–H groups in total. The molecule has 0 amide bonds. The van der Waals surface area contributed by atoms with Crippen LogP contribution < -0.4 is 0 Å². The molecule has 6 rings (SSSR count). The number of hydrogen-bond acceptors (Lipinski definition) is 3. The van der Waals surface area contributed by atoms with Crippen molar-refractivity contribution < 1.29 is 14.9 Å². The Morgan fingerprint density at radius 2 is 1.91 bits per heavy atom. The van der Waals surface area contributed by atoms with Gasteiger partial charge in [-0.1, -0.05) is 20.8 Å². The average molecular weight is 320 g/mol. The van der Waals surface area contributed by atoms with Gasteiger partial charge in [-0.3, -0.25) is 0 Å². The highest BCUT2D eigenvalue weighted by Crippen LogP contribution is 2.76. The van der Waals surface area contributed by atoms with Crippen LogP contribution in [-0.2, 0) is 4.74 Å². The molecule has 130 valence electrons. The third-order valence-electron chi connectivity index (χ3n) is 9.33. The number of aliphatic hydroxyl groups excluding tert-OH is 2. The highest BCUT2D eigenvalue weighted by atomic mass is 16.5. The van der Waals surface area contributed by atoms with E-state index in [9.17, 15) is 10.2 Å². The van der Waals surface area contributed by atoms with E-state index in [2.05, 4.69) is 20.8 Å². The molecule has 3 nitrogen and oxygen atoms in total. The maximum Gasteiger partial charge on any atom is 0.0950 e. The molecule has 2 heterocycles. The van der Waals surface area contributed by atoms with Gasteiger partial charge in [0.2, 0.25) is 0 Å². The van der Waals surface area contributed by atoms with Crippen LogP contribution in [0.3, 0.4) is 0 Å². The molecule has 23 heavy (non-hydrogen) atoms.